The molecule has 0 bridgehead atoms. The normalized spacial score (nSPS) is 17.8. The molecule has 3 heterocycles. The number of anilines is 1. The fraction of sp³-hybridized carbons (Fsp3) is 0.308. The smallest absolute Gasteiger partial charge is 0.224 e. The van der Waals surface area contributed by atoms with Crippen molar-refractivity contribution < 1.29 is 13.2 Å². The van der Waals surface area contributed by atoms with E-state index in [1.807, 2.05) is 60.0 Å². The standard InChI is InChI=1S/C26H29N5O3S2/c1-34-19-11-9-18(10-12-19)17-22-30-23-24(20-7-2-3-8-21(20)29-25(23)27)31(22)15-5-4-13-26(36(28,32)33)14-6-16-35-26/h2-3,6-12,16H,4-5,13-15,17H2,1H3,(H2,27,29)(H2,28,32,33). The number of rotatable bonds is 9. The number of allylic oxidation sites excluding steroid dienone is 1. The number of benzene rings is 2. The van der Waals surface area contributed by atoms with Crippen LogP contribution in [0.2, 0.25) is 0 Å². The van der Waals surface area contributed by atoms with Crippen molar-refractivity contribution in [2.24, 2.45) is 5.14 Å². The molecule has 5 rings (SSSR count). The molecule has 0 spiro atoms. The Morgan fingerprint density at radius 1 is 1.11 bits per heavy atom. The van der Waals surface area contributed by atoms with Crippen molar-refractivity contribution in [3.8, 4) is 5.75 Å². The van der Waals surface area contributed by atoms with E-state index in [1.54, 1.807) is 7.11 Å². The van der Waals surface area contributed by atoms with Gasteiger partial charge in [-0.2, -0.15) is 0 Å². The van der Waals surface area contributed by atoms with Crippen LogP contribution in [0.4, 0.5) is 5.82 Å². The lowest BCUT2D eigenvalue weighted by molar-refractivity contribution is 0.414. The molecule has 0 fully saturated rings. The molecule has 2 aromatic carbocycles. The van der Waals surface area contributed by atoms with Gasteiger partial charge in [-0.15, -0.1) is 11.8 Å². The molecule has 0 aliphatic carbocycles. The van der Waals surface area contributed by atoms with Gasteiger partial charge in [-0.05, 0) is 54.9 Å². The number of fused-ring (bicyclic) bond motifs is 3. The van der Waals surface area contributed by atoms with E-state index in [-0.39, 0.29) is 0 Å². The first kappa shape index (κ1) is 24.6. The van der Waals surface area contributed by atoms with Gasteiger partial charge in [0.25, 0.3) is 0 Å². The number of thioether (sulfide) groups is 1. The predicted octanol–water partition coefficient (Wildman–Crippen LogP) is 4.57. The summed E-state index contributed by atoms with van der Waals surface area (Å²) in [6.45, 7) is 0.675. The van der Waals surface area contributed by atoms with Gasteiger partial charge in [-0.3, -0.25) is 0 Å². The molecule has 1 aliphatic rings. The average Bonchev–Trinajstić information content (AvgIpc) is 3.49. The Morgan fingerprint density at radius 3 is 2.58 bits per heavy atom. The van der Waals surface area contributed by atoms with Crippen molar-refractivity contribution in [1.29, 1.82) is 0 Å². The predicted molar refractivity (Wildman–Crippen MR) is 146 cm³/mol. The van der Waals surface area contributed by atoms with Crippen LogP contribution in [0.1, 0.15) is 37.1 Å². The molecule has 8 nitrogen and oxygen atoms in total. The van der Waals surface area contributed by atoms with E-state index >= 15 is 0 Å². The van der Waals surface area contributed by atoms with Crippen LogP contribution in [0.15, 0.2) is 60.0 Å². The number of nitrogens with two attached hydrogens (primary N) is 2. The van der Waals surface area contributed by atoms with E-state index in [4.69, 9.17) is 20.6 Å². The summed E-state index contributed by atoms with van der Waals surface area (Å²) in [5.74, 6) is 2.09. The maximum atomic E-state index is 12.3. The Bertz CT molecular complexity index is 1540. The molecule has 188 valence electrons. The minimum absolute atomic E-state index is 0.403. The van der Waals surface area contributed by atoms with Gasteiger partial charge < -0.3 is 15.0 Å². The summed E-state index contributed by atoms with van der Waals surface area (Å²) in [5, 5.41) is 8.43. The van der Waals surface area contributed by atoms with Gasteiger partial charge in [0.2, 0.25) is 10.0 Å². The highest BCUT2D eigenvalue weighted by Crippen LogP contribution is 2.43. The van der Waals surface area contributed by atoms with Crippen LogP contribution in [0.5, 0.6) is 5.75 Å². The van der Waals surface area contributed by atoms with Crippen molar-refractivity contribution in [3.63, 3.8) is 0 Å². The highest BCUT2D eigenvalue weighted by molar-refractivity contribution is 8.15. The number of nitrogen functional groups attached to an aromatic ring is 1. The fourth-order valence-corrected chi connectivity index (χ4v) is 7.16. The maximum absolute atomic E-state index is 12.3. The third-order valence-electron chi connectivity index (χ3n) is 6.73. The number of hydrogen-bond donors (Lipinski definition) is 2. The van der Waals surface area contributed by atoms with E-state index in [1.165, 1.54) is 11.8 Å². The van der Waals surface area contributed by atoms with Gasteiger partial charge in [-0.1, -0.05) is 36.4 Å². The molecule has 4 aromatic rings. The van der Waals surface area contributed by atoms with E-state index < -0.39 is 14.1 Å². The summed E-state index contributed by atoms with van der Waals surface area (Å²) < 4.78 is 31.2. The number of para-hydroxylation sites is 1. The molecule has 4 N–H and O–H groups in total. The lowest BCUT2D eigenvalue weighted by Crippen LogP contribution is -2.38. The monoisotopic (exact) mass is 523 g/mol. The van der Waals surface area contributed by atoms with E-state index in [2.05, 4.69) is 9.55 Å². The fourth-order valence-electron chi connectivity index (χ4n) is 4.81. The Balaban J connectivity index is 1.48. The first-order chi connectivity index (χ1) is 17.3. The number of unbranched alkanes of at least 4 members (excludes halogenated alkanes) is 1. The number of aromatic nitrogens is 3. The summed E-state index contributed by atoms with van der Waals surface area (Å²) in [6, 6.07) is 15.9. The lowest BCUT2D eigenvalue weighted by atomic mass is 10.1. The maximum Gasteiger partial charge on any atom is 0.224 e. The number of hydrogen-bond acceptors (Lipinski definition) is 7. The van der Waals surface area contributed by atoms with Crippen LogP contribution in [0.25, 0.3) is 21.9 Å². The number of sulfonamides is 1. The molecular weight excluding hydrogens is 494 g/mol. The molecule has 0 saturated heterocycles. The molecule has 2 aromatic heterocycles. The van der Waals surface area contributed by atoms with Gasteiger partial charge in [0, 0.05) is 18.4 Å². The average molecular weight is 524 g/mol. The number of imidazole rings is 1. The number of methoxy groups -OCH3 is 1. The summed E-state index contributed by atoms with van der Waals surface area (Å²) in [7, 11) is -2.03. The quantitative estimate of drug-likeness (QED) is 0.308. The van der Waals surface area contributed by atoms with Gasteiger partial charge in [0.1, 0.15) is 21.2 Å². The highest BCUT2D eigenvalue weighted by Gasteiger charge is 2.42. The minimum atomic E-state index is -3.68. The first-order valence-corrected chi connectivity index (χ1v) is 14.3. The van der Waals surface area contributed by atoms with Crippen LogP contribution in [-0.2, 0) is 23.0 Å². The highest BCUT2D eigenvalue weighted by atomic mass is 32.3. The molecule has 0 amide bonds. The van der Waals surface area contributed by atoms with Gasteiger partial charge in [-0.25, -0.2) is 23.5 Å². The van der Waals surface area contributed by atoms with E-state index in [0.717, 1.165) is 40.0 Å². The summed E-state index contributed by atoms with van der Waals surface area (Å²) in [5.41, 5.74) is 9.91. The van der Waals surface area contributed by atoms with Crippen molar-refractivity contribution >= 4 is 49.5 Å². The molecule has 0 radical (unpaired) electrons. The summed E-state index contributed by atoms with van der Waals surface area (Å²) in [6.07, 6.45) is 4.93. The number of ether oxygens (including phenoxy) is 1. The third-order valence-corrected chi connectivity index (χ3v) is 10.2. The van der Waals surface area contributed by atoms with Gasteiger partial charge in [0.15, 0.2) is 5.82 Å². The van der Waals surface area contributed by atoms with Crippen molar-refractivity contribution in [1.82, 2.24) is 14.5 Å². The van der Waals surface area contributed by atoms with Crippen LogP contribution < -0.4 is 15.6 Å². The molecule has 1 atom stereocenters. The molecule has 1 unspecified atom stereocenters. The molecule has 10 heteroatoms. The van der Waals surface area contributed by atoms with Crippen LogP contribution >= 0.6 is 11.8 Å². The summed E-state index contributed by atoms with van der Waals surface area (Å²) >= 11 is 1.31. The van der Waals surface area contributed by atoms with E-state index in [0.29, 0.717) is 43.6 Å². The number of nitrogens with zero attached hydrogens (tertiary/aromatic N) is 3. The summed E-state index contributed by atoms with van der Waals surface area (Å²) in [4.78, 5) is 9.49. The third kappa shape index (κ3) is 4.56. The second-order valence-corrected chi connectivity index (χ2v) is 12.4. The minimum Gasteiger partial charge on any atom is -0.497 e. The second kappa shape index (κ2) is 9.76. The molecule has 1 aliphatic heterocycles. The largest absolute Gasteiger partial charge is 0.497 e. The molecular formula is C26H29N5O3S2. The van der Waals surface area contributed by atoms with Crippen molar-refractivity contribution in [2.75, 3.05) is 12.8 Å². The first-order valence-electron chi connectivity index (χ1n) is 11.8. The zero-order valence-electron chi connectivity index (χ0n) is 20.1. The van der Waals surface area contributed by atoms with E-state index in [9.17, 15) is 8.42 Å². The second-order valence-electron chi connectivity index (χ2n) is 9.02. The lowest BCUT2D eigenvalue weighted by Gasteiger charge is -2.25. The van der Waals surface area contributed by atoms with Crippen LogP contribution in [-0.4, -0.2) is 34.1 Å². The van der Waals surface area contributed by atoms with Gasteiger partial charge in [0.05, 0.1) is 18.1 Å². The Kier molecular flexibility index (Phi) is 6.67. The zero-order chi connectivity index (χ0) is 25.3. The Hall–Kier alpha value is -3.08. The van der Waals surface area contributed by atoms with Crippen molar-refractivity contribution in [2.45, 2.75) is 42.7 Å². The topological polar surface area (TPSA) is 126 Å². The van der Waals surface area contributed by atoms with Crippen molar-refractivity contribution in [3.05, 3.63) is 71.4 Å². The molecule has 0 saturated carbocycles. The number of primary sulfonamides is 1. The van der Waals surface area contributed by atoms with Gasteiger partial charge >= 0.3 is 0 Å². The Morgan fingerprint density at radius 2 is 1.89 bits per heavy atom. The van der Waals surface area contributed by atoms with Crippen LogP contribution in [0.3, 0.4) is 0 Å². The molecule has 36 heavy (non-hydrogen) atoms. The number of pyridine rings is 1. The number of aryl methyl sites for hydroxylation is 1. The van der Waals surface area contributed by atoms with Crippen LogP contribution in [0, 0.1) is 0 Å². The Labute approximate surface area is 214 Å². The zero-order valence-corrected chi connectivity index (χ0v) is 21.7. The SMILES string of the molecule is COc1ccc(Cc2nc3c(N)nc4ccccc4c3n2CCCCC2(S(N)(=O)=O)CC=CS2)cc1.